The molecule has 9 heteroatoms. The van der Waals surface area contributed by atoms with Crippen molar-refractivity contribution in [2.45, 2.75) is 264 Å². The minimum absolute atomic E-state index is 0.0768. The van der Waals surface area contributed by atoms with Crippen LogP contribution in [0.25, 0.3) is 0 Å². The molecule has 8 nitrogen and oxygen atoms in total. The van der Waals surface area contributed by atoms with Gasteiger partial charge in [-0.3, -0.25) is 13.8 Å². The van der Waals surface area contributed by atoms with Gasteiger partial charge >= 0.3 is 7.82 Å². The molecule has 0 rings (SSSR count). The summed E-state index contributed by atoms with van der Waals surface area (Å²) in [7, 11) is 1.62. The van der Waals surface area contributed by atoms with Crippen LogP contribution in [0.15, 0.2) is 12.2 Å². The first-order valence-electron chi connectivity index (χ1n) is 25.6. The molecule has 0 saturated carbocycles. The van der Waals surface area contributed by atoms with Gasteiger partial charge in [-0.15, -0.1) is 0 Å². The Hall–Kier alpha value is -0.760. The van der Waals surface area contributed by atoms with Gasteiger partial charge in [0, 0.05) is 6.42 Å². The van der Waals surface area contributed by atoms with Gasteiger partial charge in [-0.05, 0) is 38.5 Å². The van der Waals surface area contributed by atoms with E-state index in [0.717, 1.165) is 38.5 Å². The largest absolute Gasteiger partial charge is 0.472 e. The van der Waals surface area contributed by atoms with Crippen molar-refractivity contribution in [1.82, 2.24) is 5.32 Å². The molecule has 0 spiro atoms. The summed E-state index contributed by atoms with van der Waals surface area (Å²) in [5.41, 5.74) is 0. The Balaban J connectivity index is 4.19. The van der Waals surface area contributed by atoms with Crippen LogP contribution in [0.5, 0.6) is 0 Å². The molecule has 3 N–H and O–H groups in total. The SMILES string of the molecule is CCCCCCCCCC/C=C\CCCCCCCCCCCCCC(=O)NC(COP(=O)(O)OCC[N+](C)(C)C)C(O)CCCCCCCCCCCCCCCC. The maximum atomic E-state index is 12.9. The van der Waals surface area contributed by atoms with Crippen molar-refractivity contribution in [1.29, 1.82) is 0 Å². The first-order valence-corrected chi connectivity index (χ1v) is 27.0. The highest BCUT2D eigenvalue weighted by Crippen LogP contribution is 2.43. The van der Waals surface area contributed by atoms with Gasteiger partial charge in [0.1, 0.15) is 13.2 Å². The standard InChI is InChI=1S/C50H101N2O6P/c1-6-8-10-12-14-16-18-20-22-23-24-25-26-27-28-29-30-32-34-36-38-40-42-44-50(54)51-48(47-58-59(55,56)57-46-45-52(3,4)5)49(53)43-41-39-37-35-33-31-21-19-17-15-13-11-9-7-2/h23-24,48-49,53H,6-22,25-47H2,1-5H3,(H-,51,54,55,56)/p+1/b24-23-. The van der Waals surface area contributed by atoms with Crippen LogP contribution in [-0.4, -0.2) is 73.4 Å². The fourth-order valence-corrected chi connectivity index (χ4v) is 8.43. The second-order valence-corrected chi connectivity index (χ2v) is 20.4. The number of hydrogen-bond acceptors (Lipinski definition) is 5. The number of rotatable bonds is 47. The molecule has 0 fully saturated rings. The van der Waals surface area contributed by atoms with Gasteiger partial charge in [0.15, 0.2) is 0 Å². The van der Waals surface area contributed by atoms with E-state index in [2.05, 4.69) is 31.3 Å². The van der Waals surface area contributed by atoms with Crippen LogP contribution >= 0.6 is 7.82 Å². The number of nitrogens with zero attached hydrogens (tertiary/aromatic N) is 1. The number of unbranched alkanes of at least 4 members (excludes halogenated alkanes) is 32. The van der Waals surface area contributed by atoms with Crippen LogP contribution in [0.2, 0.25) is 0 Å². The Morgan fingerprint density at radius 2 is 0.915 bits per heavy atom. The molecule has 0 aromatic carbocycles. The van der Waals surface area contributed by atoms with Gasteiger partial charge in [0.25, 0.3) is 0 Å². The molecule has 0 heterocycles. The van der Waals surface area contributed by atoms with Gasteiger partial charge in [-0.1, -0.05) is 219 Å². The number of carbonyl (C=O) groups is 1. The quantitative estimate of drug-likeness (QED) is 0.0244. The normalized spacial score (nSPS) is 14.2. The predicted octanol–water partition coefficient (Wildman–Crippen LogP) is 14.7. The van der Waals surface area contributed by atoms with Crippen molar-refractivity contribution in [2.24, 2.45) is 0 Å². The van der Waals surface area contributed by atoms with Crippen molar-refractivity contribution in [2.75, 3.05) is 40.9 Å². The topological polar surface area (TPSA) is 105 Å². The minimum atomic E-state index is -4.31. The lowest BCUT2D eigenvalue weighted by atomic mass is 10.0. The fraction of sp³-hybridized carbons (Fsp3) is 0.940. The number of hydrogen-bond donors (Lipinski definition) is 3. The number of aliphatic hydroxyl groups is 1. The number of aliphatic hydroxyl groups excluding tert-OH is 1. The zero-order chi connectivity index (χ0) is 43.6. The van der Waals surface area contributed by atoms with Crippen LogP contribution in [0.4, 0.5) is 0 Å². The van der Waals surface area contributed by atoms with Crippen LogP contribution in [0.1, 0.15) is 251 Å². The number of carbonyl (C=O) groups excluding carboxylic acids is 1. The van der Waals surface area contributed by atoms with Gasteiger partial charge in [0.05, 0.1) is 39.9 Å². The third-order valence-corrected chi connectivity index (χ3v) is 12.7. The molecule has 0 aromatic heterocycles. The van der Waals surface area contributed by atoms with E-state index in [-0.39, 0.29) is 19.1 Å². The second-order valence-electron chi connectivity index (χ2n) is 18.9. The molecule has 59 heavy (non-hydrogen) atoms. The van der Waals surface area contributed by atoms with E-state index in [1.165, 1.54) is 186 Å². The number of amides is 1. The van der Waals surface area contributed by atoms with Crippen LogP contribution < -0.4 is 5.32 Å². The van der Waals surface area contributed by atoms with E-state index < -0.39 is 20.0 Å². The number of quaternary nitrogens is 1. The van der Waals surface area contributed by atoms with Crippen LogP contribution in [-0.2, 0) is 18.4 Å². The van der Waals surface area contributed by atoms with Crippen LogP contribution in [0, 0.1) is 0 Å². The lowest BCUT2D eigenvalue weighted by Crippen LogP contribution is -2.46. The number of likely N-dealkylation sites (N-methyl/N-ethyl adjacent to an activating group) is 1. The Kier molecular flexibility index (Phi) is 42.0. The number of phosphoric acid groups is 1. The summed E-state index contributed by atoms with van der Waals surface area (Å²) in [6.07, 6.45) is 49.6. The molecule has 0 aliphatic heterocycles. The second kappa shape index (κ2) is 42.5. The molecule has 3 unspecified atom stereocenters. The van der Waals surface area contributed by atoms with Crippen molar-refractivity contribution >= 4 is 13.7 Å². The monoisotopic (exact) mass is 858 g/mol. The number of allylic oxidation sites excluding steroid dienone is 2. The smallest absolute Gasteiger partial charge is 0.391 e. The third-order valence-electron chi connectivity index (χ3n) is 11.8. The maximum absolute atomic E-state index is 12.9. The van der Waals surface area contributed by atoms with Gasteiger partial charge in [-0.2, -0.15) is 0 Å². The van der Waals surface area contributed by atoms with E-state index >= 15 is 0 Å². The zero-order valence-electron chi connectivity index (χ0n) is 40.0. The average Bonchev–Trinajstić information content (AvgIpc) is 3.19. The lowest BCUT2D eigenvalue weighted by molar-refractivity contribution is -0.870. The van der Waals surface area contributed by atoms with Crippen molar-refractivity contribution in [3.63, 3.8) is 0 Å². The summed E-state index contributed by atoms with van der Waals surface area (Å²) >= 11 is 0. The summed E-state index contributed by atoms with van der Waals surface area (Å²) in [5, 5.41) is 14.0. The molecular weight excluding hydrogens is 756 g/mol. The minimum Gasteiger partial charge on any atom is -0.391 e. The van der Waals surface area contributed by atoms with Gasteiger partial charge in [0.2, 0.25) is 5.91 Å². The Morgan fingerprint density at radius 1 is 0.559 bits per heavy atom. The average molecular weight is 858 g/mol. The molecule has 0 aromatic rings. The highest BCUT2D eigenvalue weighted by Gasteiger charge is 2.28. The maximum Gasteiger partial charge on any atom is 0.472 e. The van der Waals surface area contributed by atoms with Crippen molar-refractivity contribution < 1.29 is 32.9 Å². The molecule has 0 saturated heterocycles. The van der Waals surface area contributed by atoms with Crippen molar-refractivity contribution in [3.05, 3.63) is 12.2 Å². The molecule has 352 valence electrons. The summed E-state index contributed by atoms with van der Waals surface area (Å²) < 4.78 is 23.7. The summed E-state index contributed by atoms with van der Waals surface area (Å²) in [6, 6.07) is -0.757. The van der Waals surface area contributed by atoms with Gasteiger partial charge < -0.3 is 19.8 Å². The Bertz CT molecular complexity index is 974. The molecule has 0 aliphatic carbocycles. The molecule has 1 amide bonds. The molecular formula is C50H102N2O6P+. The van der Waals surface area contributed by atoms with E-state index in [4.69, 9.17) is 9.05 Å². The first kappa shape index (κ1) is 58.2. The zero-order valence-corrected chi connectivity index (χ0v) is 40.9. The molecule has 0 bridgehead atoms. The lowest BCUT2D eigenvalue weighted by Gasteiger charge is -2.26. The first-order chi connectivity index (χ1) is 28.5. The highest BCUT2D eigenvalue weighted by atomic mass is 31.2. The van der Waals surface area contributed by atoms with E-state index in [1.54, 1.807) is 0 Å². The number of phosphoric ester groups is 1. The van der Waals surface area contributed by atoms with Crippen LogP contribution in [0.3, 0.4) is 0 Å². The van der Waals surface area contributed by atoms with E-state index in [1.807, 2.05) is 21.1 Å². The third kappa shape index (κ3) is 45.1. The number of nitrogens with one attached hydrogen (secondary N) is 1. The summed E-state index contributed by atoms with van der Waals surface area (Å²) in [6.45, 7) is 4.91. The van der Waals surface area contributed by atoms with Crippen molar-refractivity contribution in [3.8, 4) is 0 Å². The molecule has 0 radical (unpaired) electrons. The highest BCUT2D eigenvalue weighted by molar-refractivity contribution is 7.47. The fourth-order valence-electron chi connectivity index (χ4n) is 7.69. The molecule has 0 aliphatic rings. The van der Waals surface area contributed by atoms with E-state index in [9.17, 15) is 19.4 Å². The van der Waals surface area contributed by atoms with Gasteiger partial charge in [-0.25, -0.2) is 4.57 Å². The Labute approximate surface area is 367 Å². The molecule has 3 atom stereocenters. The summed E-state index contributed by atoms with van der Waals surface area (Å²) in [4.78, 5) is 23.2. The summed E-state index contributed by atoms with van der Waals surface area (Å²) in [5.74, 6) is -0.142. The predicted molar refractivity (Wildman–Crippen MR) is 254 cm³/mol. The van der Waals surface area contributed by atoms with E-state index in [0.29, 0.717) is 23.9 Å². The Morgan fingerprint density at radius 3 is 1.31 bits per heavy atom.